The Kier molecular flexibility index (Phi) is 8.26. The maximum absolute atomic E-state index is 13.2. The molecule has 0 saturated carbocycles. The molecule has 1 unspecified atom stereocenters. The van der Waals surface area contributed by atoms with Gasteiger partial charge in [0.25, 0.3) is 5.91 Å². The third-order valence-electron chi connectivity index (χ3n) is 6.36. The van der Waals surface area contributed by atoms with Crippen LogP contribution < -0.4 is 10.5 Å². The molecule has 1 amide bonds. The molecular formula is C26H36FN3O2. The lowest BCUT2D eigenvalue weighted by molar-refractivity contribution is -0.139. The normalized spacial score (nSPS) is 20.2. The molecule has 0 spiro atoms. The second-order valence-corrected chi connectivity index (χ2v) is 9.06. The first-order valence-corrected chi connectivity index (χ1v) is 11.5. The Morgan fingerprint density at radius 2 is 1.81 bits per heavy atom. The molecule has 6 heteroatoms. The number of aryl methyl sites for hydroxylation is 1. The van der Waals surface area contributed by atoms with Gasteiger partial charge in [-0.15, -0.1) is 0 Å². The molecule has 2 aromatic rings. The lowest BCUT2D eigenvalue weighted by Gasteiger charge is -2.44. The van der Waals surface area contributed by atoms with Gasteiger partial charge in [0.15, 0.2) is 6.61 Å². The number of nitrogens with two attached hydrogens (primary N) is 1. The van der Waals surface area contributed by atoms with E-state index >= 15 is 0 Å². The zero-order valence-electron chi connectivity index (χ0n) is 19.7. The molecule has 1 fully saturated rings. The number of rotatable bonds is 8. The van der Waals surface area contributed by atoms with Crippen LogP contribution in [0.4, 0.5) is 4.39 Å². The van der Waals surface area contributed by atoms with Crippen molar-refractivity contribution >= 4 is 5.91 Å². The summed E-state index contributed by atoms with van der Waals surface area (Å²) in [7, 11) is 0. The standard InChI is InChI=1S/C26H36FN3O2/c1-5-24(28)12-22-7-6-18(2)25(13-22)32-17-26(31)30-15-19(3)29(14-20(30)4)16-21-8-10-23(27)11-9-21/h6-11,13,19-20,24H,5,12,14-17,28H2,1-4H3/t19-,20+,24?/m0/s1. The topological polar surface area (TPSA) is 58.8 Å². The third-order valence-corrected chi connectivity index (χ3v) is 6.36. The number of carbonyl (C=O) groups is 1. The van der Waals surface area contributed by atoms with Crippen molar-refractivity contribution < 1.29 is 13.9 Å². The molecule has 1 aliphatic rings. The highest BCUT2D eigenvalue weighted by atomic mass is 19.1. The zero-order valence-corrected chi connectivity index (χ0v) is 19.7. The summed E-state index contributed by atoms with van der Waals surface area (Å²) in [6, 6.07) is 13.1. The average Bonchev–Trinajstić information content (AvgIpc) is 2.77. The van der Waals surface area contributed by atoms with Gasteiger partial charge in [-0.1, -0.05) is 31.2 Å². The van der Waals surface area contributed by atoms with E-state index in [2.05, 4.69) is 31.7 Å². The van der Waals surface area contributed by atoms with Crippen molar-refractivity contribution in [2.45, 2.75) is 65.2 Å². The summed E-state index contributed by atoms with van der Waals surface area (Å²) in [5, 5.41) is 0. The average molecular weight is 442 g/mol. The molecule has 0 radical (unpaired) electrons. The van der Waals surface area contributed by atoms with Crippen molar-refractivity contribution in [3.63, 3.8) is 0 Å². The Morgan fingerprint density at radius 3 is 2.50 bits per heavy atom. The number of hydrogen-bond donors (Lipinski definition) is 1. The van der Waals surface area contributed by atoms with Gasteiger partial charge in [-0.05, 0) is 68.5 Å². The summed E-state index contributed by atoms with van der Waals surface area (Å²) in [5.74, 6) is 0.523. The number of carbonyl (C=O) groups excluding carboxylic acids is 1. The molecule has 1 saturated heterocycles. The van der Waals surface area contributed by atoms with Gasteiger partial charge in [-0.25, -0.2) is 4.39 Å². The van der Waals surface area contributed by atoms with Crippen molar-refractivity contribution in [2.24, 2.45) is 5.73 Å². The third kappa shape index (κ3) is 6.30. The van der Waals surface area contributed by atoms with E-state index < -0.39 is 0 Å². The van der Waals surface area contributed by atoms with Gasteiger partial charge in [-0.2, -0.15) is 0 Å². The summed E-state index contributed by atoms with van der Waals surface area (Å²) >= 11 is 0. The largest absolute Gasteiger partial charge is 0.483 e. The first kappa shape index (κ1) is 24.2. The Morgan fingerprint density at radius 1 is 1.12 bits per heavy atom. The van der Waals surface area contributed by atoms with Crippen LogP contribution in [0.15, 0.2) is 42.5 Å². The maximum atomic E-state index is 13.2. The van der Waals surface area contributed by atoms with Gasteiger partial charge >= 0.3 is 0 Å². The van der Waals surface area contributed by atoms with E-state index in [1.807, 2.05) is 36.1 Å². The molecule has 174 valence electrons. The van der Waals surface area contributed by atoms with Crippen molar-refractivity contribution in [1.82, 2.24) is 9.80 Å². The van der Waals surface area contributed by atoms with E-state index in [9.17, 15) is 9.18 Å². The van der Waals surface area contributed by atoms with Crippen LogP contribution >= 0.6 is 0 Å². The number of piperazine rings is 1. The maximum Gasteiger partial charge on any atom is 0.260 e. The quantitative estimate of drug-likeness (QED) is 0.675. The summed E-state index contributed by atoms with van der Waals surface area (Å²) in [4.78, 5) is 17.2. The molecule has 0 aliphatic carbocycles. The highest BCUT2D eigenvalue weighted by Gasteiger charge is 2.32. The molecule has 1 heterocycles. The van der Waals surface area contributed by atoms with Crippen LogP contribution in [0.3, 0.4) is 0 Å². The number of benzene rings is 2. The van der Waals surface area contributed by atoms with Gasteiger partial charge < -0.3 is 15.4 Å². The lowest BCUT2D eigenvalue weighted by Crippen LogP contribution is -2.58. The Balaban J connectivity index is 1.57. The minimum absolute atomic E-state index is 0.000782. The number of halogens is 1. The summed E-state index contributed by atoms with van der Waals surface area (Å²) in [6.45, 7) is 10.5. The molecule has 3 atom stereocenters. The number of amides is 1. The lowest BCUT2D eigenvalue weighted by atomic mass is 10.0. The Bertz CT molecular complexity index is 902. The second kappa shape index (κ2) is 10.9. The van der Waals surface area contributed by atoms with Crippen molar-refractivity contribution in [3.8, 4) is 5.75 Å². The van der Waals surface area contributed by atoms with Crippen LogP contribution in [-0.4, -0.2) is 53.5 Å². The molecule has 5 nitrogen and oxygen atoms in total. The fraction of sp³-hybridized carbons (Fsp3) is 0.500. The Labute approximate surface area is 191 Å². The number of nitrogens with zero attached hydrogens (tertiary/aromatic N) is 2. The monoisotopic (exact) mass is 441 g/mol. The molecule has 2 N–H and O–H groups in total. The van der Waals surface area contributed by atoms with E-state index in [0.29, 0.717) is 6.54 Å². The van der Waals surface area contributed by atoms with Crippen LogP contribution in [-0.2, 0) is 17.8 Å². The van der Waals surface area contributed by atoms with Gasteiger partial charge in [0.05, 0.1) is 0 Å². The van der Waals surface area contributed by atoms with Crippen LogP contribution in [0.25, 0.3) is 0 Å². The molecular weight excluding hydrogens is 405 g/mol. The van der Waals surface area contributed by atoms with Gasteiger partial charge in [-0.3, -0.25) is 9.69 Å². The summed E-state index contributed by atoms with van der Waals surface area (Å²) in [5.41, 5.74) is 9.30. The molecule has 3 rings (SSSR count). The predicted molar refractivity (Wildman–Crippen MR) is 126 cm³/mol. The molecule has 0 aromatic heterocycles. The minimum Gasteiger partial charge on any atom is -0.483 e. The van der Waals surface area contributed by atoms with Crippen LogP contribution in [0.1, 0.15) is 43.9 Å². The first-order valence-electron chi connectivity index (χ1n) is 11.5. The highest BCUT2D eigenvalue weighted by Crippen LogP contribution is 2.22. The van der Waals surface area contributed by atoms with E-state index in [1.54, 1.807) is 0 Å². The SMILES string of the molecule is CCC(N)Cc1ccc(C)c(OCC(=O)N2C[C@H](C)N(Cc3ccc(F)cc3)C[C@H]2C)c1. The van der Waals surface area contributed by atoms with E-state index in [1.165, 1.54) is 12.1 Å². The number of ether oxygens (including phenoxy) is 1. The van der Waals surface area contributed by atoms with E-state index in [-0.39, 0.29) is 36.5 Å². The highest BCUT2D eigenvalue weighted by molar-refractivity contribution is 5.78. The molecule has 2 aromatic carbocycles. The van der Waals surface area contributed by atoms with Crippen LogP contribution in [0, 0.1) is 12.7 Å². The van der Waals surface area contributed by atoms with Crippen molar-refractivity contribution in [2.75, 3.05) is 19.7 Å². The van der Waals surface area contributed by atoms with Gasteiger partial charge in [0.2, 0.25) is 0 Å². The molecule has 1 aliphatic heterocycles. The Hall–Kier alpha value is -2.44. The minimum atomic E-state index is -0.223. The first-order chi connectivity index (χ1) is 15.3. The fourth-order valence-corrected chi connectivity index (χ4v) is 4.19. The van der Waals surface area contributed by atoms with Crippen molar-refractivity contribution in [1.29, 1.82) is 0 Å². The summed E-state index contributed by atoms with van der Waals surface area (Å²) < 4.78 is 19.1. The van der Waals surface area contributed by atoms with Crippen molar-refractivity contribution in [3.05, 3.63) is 65.0 Å². The van der Waals surface area contributed by atoms with Crippen LogP contribution in [0.5, 0.6) is 5.75 Å². The summed E-state index contributed by atoms with van der Waals surface area (Å²) in [6.07, 6.45) is 1.72. The predicted octanol–water partition coefficient (Wildman–Crippen LogP) is 3.91. The van der Waals surface area contributed by atoms with Gasteiger partial charge in [0.1, 0.15) is 11.6 Å². The van der Waals surface area contributed by atoms with Crippen LogP contribution in [0.2, 0.25) is 0 Å². The fourth-order valence-electron chi connectivity index (χ4n) is 4.19. The smallest absolute Gasteiger partial charge is 0.260 e. The van der Waals surface area contributed by atoms with E-state index in [4.69, 9.17) is 10.5 Å². The molecule has 32 heavy (non-hydrogen) atoms. The van der Waals surface area contributed by atoms with E-state index in [0.717, 1.165) is 48.4 Å². The zero-order chi connectivity index (χ0) is 23.3. The number of hydrogen-bond acceptors (Lipinski definition) is 4. The molecule has 0 bridgehead atoms. The van der Waals surface area contributed by atoms with Gasteiger partial charge in [0, 0.05) is 37.8 Å². The second-order valence-electron chi connectivity index (χ2n) is 9.06.